The quantitative estimate of drug-likeness (QED) is 0.552. The van der Waals surface area contributed by atoms with Gasteiger partial charge in [-0.3, -0.25) is 0 Å². The van der Waals surface area contributed by atoms with Crippen LogP contribution < -0.4 is 4.74 Å². The average Bonchev–Trinajstić information content (AvgIpc) is 2.50. The summed E-state index contributed by atoms with van der Waals surface area (Å²) < 4.78 is 33.8. The molecular weight excluding hydrogens is 297 g/mol. The van der Waals surface area contributed by atoms with Crippen LogP contribution in [0.2, 0.25) is 0 Å². The molecule has 1 aromatic rings. The molecule has 0 bridgehead atoms. The lowest BCUT2D eigenvalue weighted by Crippen LogP contribution is -2.48. The Labute approximate surface area is 127 Å². The summed E-state index contributed by atoms with van der Waals surface area (Å²) in [6, 6.07) is 1.09. The number of carbonyl (C=O) groups is 2. The second-order valence-corrected chi connectivity index (χ2v) is 4.03. The van der Waals surface area contributed by atoms with Crippen LogP contribution in [0.25, 0.3) is 0 Å². The molecule has 0 fully saturated rings. The monoisotopic (exact) mass is 315 g/mol. The Morgan fingerprint density at radius 2 is 1.73 bits per heavy atom. The lowest BCUT2D eigenvalue weighted by molar-refractivity contribution is -0.189. The van der Waals surface area contributed by atoms with E-state index in [4.69, 9.17) is 18.9 Å². The summed E-state index contributed by atoms with van der Waals surface area (Å²) in [7, 11) is 2.40. The van der Waals surface area contributed by atoms with Crippen molar-refractivity contribution < 1.29 is 32.9 Å². The van der Waals surface area contributed by atoms with Gasteiger partial charge in [0, 0.05) is 18.7 Å². The van der Waals surface area contributed by atoms with E-state index in [2.05, 4.69) is 4.98 Å². The van der Waals surface area contributed by atoms with Crippen LogP contribution in [0.3, 0.4) is 0 Å². The second kappa shape index (κ2) is 7.69. The summed E-state index contributed by atoms with van der Waals surface area (Å²) in [5, 5.41) is 0. The van der Waals surface area contributed by atoms with Gasteiger partial charge in [-0.05, 0) is 13.8 Å². The fourth-order valence-electron chi connectivity index (χ4n) is 1.85. The maximum absolute atomic E-state index is 14.2. The topological polar surface area (TPSA) is 84.0 Å². The number of methoxy groups -OCH3 is 2. The minimum atomic E-state index is -2.38. The minimum absolute atomic E-state index is 0.00595. The van der Waals surface area contributed by atoms with E-state index in [9.17, 15) is 14.0 Å². The van der Waals surface area contributed by atoms with Gasteiger partial charge in [-0.1, -0.05) is 0 Å². The fourth-order valence-corrected chi connectivity index (χ4v) is 1.85. The van der Waals surface area contributed by atoms with Crippen molar-refractivity contribution >= 4 is 11.9 Å². The number of esters is 2. The highest BCUT2D eigenvalue weighted by atomic mass is 19.1. The highest BCUT2D eigenvalue weighted by Gasteiger charge is 2.53. The van der Waals surface area contributed by atoms with Crippen molar-refractivity contribution in [3.8, 4) is 5.88 Å². The van der Waals surface area contributed by atoms with Crippen LogP contribution in [-0.2, 0) is 29.4 Å². The molecule has 22 heavy (non-hydrogen) atoms. The van der Waals surface area contributed by atoms with Crippen LogP contribution in [0, 0.1) is 5.82 Å². The Balaban J connectivity index is 3.54. The predicted molar refractivity (Wildman–Crippen MR) is 72.7 cm³/mol. The molecule has 122 valence electrons. The third-order valence-electron chi connectivity index (χ3n) is 2.85. The summed E-state index contributed by atoms with van der Waals surface area (Å²) in [5.41, 5.74) is -2.77. The maximum atomic E-state index is 14.2. The minimum Gasteiger partial charge on any atom is -0.481 e. The van der Waals surface area contributed by atoms with Crippen molar-refractivity contribution in [1.29, 1.82) is 0 Å². The Morgan fingerprint density at radius 3 is 2.14 bits per heavy atom. The van der Waals surface area contributed by atoms with E-state index in [1.54, 1.807) is 13.8 Å². The molecule has 7 nitrogen and oxygen atoms in total. The van der Waals surface area contributed by atoms with E-state index < -0.39 is 28.9 Å². The highest BCUT2D eigenvalue weighted by Crippen LogP contribution is 2.32. The molecule has 1 rings (SSSR count). The van der Waals surface area contributed by atoms with Gasteiger partial charge in [-0.25, -0.2) is 19.0 Å². The van der Waals surface area contributed by atoms with Crippen LogP contribution >= 0.6 is 0 Å². The first kappa shape index (κ1) is 17.8. The zero-order chi connectivity index (χ0) is 16.8. The molecule has 1 heterocycles. The molecule has 0 aliphatic carbocycles. The third-order valence-corrected chi connectivity index (χ3v) is 2.85. The maximum Gasteiger partial charge on any atom is 0.355 e. The van der Waals surface area contributed by atoms with Gasteiger partial charge in [0.05, 0.1) is 26.5 Å². The molecule has 0 amide bonds. The Bertz CT molecular complexity index is 530. The van der Waals surface area contributed by atoms with Gasteiger partial charge in [0.1, 0.15) is 5.82 Å². The number of pyridine rings is 1. The van der Waals surface area contributed by atoms with Crippen molar-refractivity contribution in [2.24, 2.45) is 0 Å². The van der Waals surface area contributed by atoms with E-state index in [1.165, 1.54) is 7.11 Å². The molecule has 0 saturated heterocycles. The number of halogens is 1. The molecule has 0 spiro atoms. The van der Waals surface area contributed by atoms with Crippen molar-refractivity contribution in [2.75, 3.05) is 27.4 Å². The molecule has 0 aliphatic rings. The molecular formula is C14H18FNO6. The van der Waals surface area contributed by atoms with E-state index in [0.717, 1.165) is 19.4 Å². The summed E-state index contributed by atoms with van der Waals surface area (Å²) in [5.74, 6) is -3.08. The lowest BCUT2D eigenvalue weighted by atomic mass is 9.93. The van der Waals surface area contributed by atoms with Crippen molar-refractivity contribution in [2.45, 2.75) is 19.4 Å². The first-order chi connectivity index (χ1) is 10.5. The number of aromatic nitrogens is 1. The predicted octanol–water partition coefficient (Wildman–Crippen LogP) is 1.20. The summed E-state index contributed by atoms with van der Waals surface area (Å²) in [4.78, 5) is 28.2. The standard InChI is InChI=1S/C14H18FNO6/c1-5-21-12(17)14(20-4,13(18)22-6-2)9-7-11(19-3)16-8-10(9)15/h7-8H,5-6H2,1-4H3. The van der Waals surface area contributed by atoms with Crippen LogP contribution in [0.15, 0.2) is 12.3 Å². The normalized spacial score (nSPS) is 11.0. The third kappa shape index (κ3) is 3.16. The van der Waals surface area contributed by atoms with Gasteiger partial charge >= 0.3 is 11.9 Å². The van der Waals surface area contributed by atoms with Crippen molar-refractivity contribution in [1.82, 2.24) is 4.98 Å². The van der Waals surface area contributed by atoms with Crippen molar-refractivity contribution in [3.63, 3.8) is 0 Å². The van der Waals surface area contributed by atoms with Crippen LogP contribution in [0.5, 0.6) is 5.88 Å². The molecule has 0 atom stereocenters. The highest BCUT2D eigenvalue weighted by molar-refractivity contribution is 6.04. The molecule has 1 aromatic heterocycles. The Morgan fingerprint density at radius 1 is 1.18 bits per heavy atom. The smallest absolute Gasteiger partial charge is 0.355 e. The van der Waals surface area contributed by atoms with Gasteiger partial charge in [0.2, 0.25) is 5.88 Å². The van der Waals surface area contributed by atoms with E-state index in [0.29, 0.717) is 0 Å². The molecule has 8 heteroatoms. The number of ether oxygens (including phenoxy) is 4. The van der Waals surface area contributed by atoms with E-state index >= 15 is 0 Å². The lowest BCUT2D eigenvalue weighted by Gasteiger charge is -2.28. The number of rotatable bonds is 7. The molecule has 0 N–H and O–H groups in total. The van der Waals surface area contributed by atoms with Crippen LogP contribution in [0.4, 0.5) is 4.39 Å². The summed E-state index contributed by atoms with van der Waals surface area (Å²) in [6.45, 7) is 3.06. The number of carbonyl (C=O) groups excluding carboxylic acids is 2. The van der Waals surface area contributed by atoms with Gasteiger partial charge in [-0.15, -0.1) is 0 Å². The zero-order valence-corrected chi connectivity index (χ0v) is 12.8. The zero-order valence-electron chi connectivity index (χ0n) is 12.8. The van der Waals surface area contributed by atoms with Gasteiger partial charge in [0.15, 0.2) is 0 Å². The number of hydrogen-bond acceptors (Lipinski definition) is 7. The van der Waals surface area contributed by atoms with Crippen molar-refractivity contribution in [3.05, 3.63) is 23.6 Å². The first-order valence-corrected chi connectivity index (χ1v) is 6.57. The molecule has 0 aromatic carbocycles. The fraction of sp³-hybridized carbons (Fsp3) is 0.500. The second-order valence-electron chi connectivity index (χ2n) is 4.03. The molecule has 0 radical (unpaired) electrons. The van der Waals surface area contributed by atoms with Crippen LogP contribution in [-0.4, -0.2) is 44.4 Å². The van der Waals surface area contributed by atoms with Crippen LogP contribution in [0.1, 0.15) is 19.4 Å². The number of hydrogen-bond donors (Lipinski definition) is 0. The molecule has 0 unspecified atom stereocenters. The Hall–Kier alpha value is -2.22. The van der Waals surface area contributed by atoms with Gasteiger partial charge < -0.3 is 18.9 Å². The summed E-state index contributed by atoms with van der Waals surface area (Å²) >= 11 is 0. The molecule has 0 aliphatic heterocycles. The van der Waals surface area contributed by atoms with E-state index in [-0.39, 0.29) is 19.1 Å². The molecule has 0 saturated carbocycles. The summed E-state index contributed by atoms with van der Waals surface area (Å²) in [6.07, 6.45) is 0.820. The number of nitrogens with zero attached hydrogens (tertiary/aromatic N) is 1. The largest absolute Gasteiger partial charge is 0.481 e. The Kier molecular flexibility index (Phi) is 6.24. The first-order valence-electron chi connectivity index (χ1n) is 6.57. The van der Waals surface area contributed by atoms with Gasteiger partial charge in [0.25, 0.3) is 5.60 Å². The SMILES string of the molecule is CCOC(=O)C(OC)(C(=O)OCC)c1cc(OC)ncc1F. The average molecular weight is 315 g/mol. The van der Waals surface area contributed by atoms with Gasteiger partial charge in [-0.2, -0.15) is 0 Å². The van der Waals surface area contributed by atoms with E-state index in [1.807, 2.05) is 0 Å².